The van der Waals surface area contributed by atoms with Gasteiger partial charge in [-0.3, -0.25) is 0 Å². The van der Waals surface area contributed by atoms with E-state index in [-0.39, 0.29) is 0 Å². The van der Waals surface area contributed by atoms with Gasteiger partial charge in [-0.05, 0) is 36.2 Å². The predicted molar refractivity (Wildman–Crippen MR) is 91.3 cm³/mol. The van der Waals surface area contributed by atoms with Crippen molar-refractivity contribution in [3.8, 4) is 5.88 Å². The van der Waals surface area contributed by atoms with Gasteiger partial charge in [-0.25, -0.2) is 9.97 Å². The Balaban J connectivity index is 1.59. The van der Waals surface area contributed by atoms with Gasteiger partial charge in [0.25, 0.3) is 0 Å². The van der Waals surface area contributed by atoms with E-state index in [4.69, 9.17) is 4.74 Å². The molecule has 3 rings (SSSR count). The Hall–Kier alpha value is -2.88. The number of hydrogen-bond donors (Lipinski definition) is 1. The standard InChI is InChI=1S/C19H19N3O/c1-15-6-5-9-18(22-15)21-13-17-10-11-20-19(12-17)23-14-16-7-3-2-4-8-16/h2-12H,13-14H2,1H3,(H,21,22). The fourth-order valence-corrected chi connectivity index (χ4v) is 2.20. The van der Waals surface area contributed by atoms with E-state index in [1.165, 1.54) is 0 Å². The third kappa shape index (κ3) is 4.54. The molecule has 0 bridgehead atoms. The van der Waals surface area contributed by atoms with E-state index in [0.29, 0.717) is 19.0 Å². The number of nitrogens with one attached hydrogen (secondary N) is 1. The van der Waals surface area contributed by atoms with E-state index in [1.807, 2.05) is 67.6 Å². The minimum Gasteiger partial charge on any atom is -0.473 e. The van der Waals surface area contributed by atoms with Crippen LogP contribution in [0.4, 0.5) is 5.82 Å². The van der Waals surface area contributed by atoms with Crippen LogP contribution in [0.15, 0.2) is 66.9 Å². The number of pyridine rings is 2. The monoisotopic (exact) mass is 305 g/mol. The number of hydrogen-bond acceptors (Lipinski definition) is 4. The topological polar surface area (TPSA) is 47.0 Å². The molecule has 2 aromatic heterocycles. The molecule has 0 unspecified atom stereocenters. The summed E-state index contributed by atoms with van der Waals surface area (Å²) >= 11 is 0. The van der Waals surface area contributed by atoms with Crippen LogP contribution in [0.5, 0.6) is 5.88 Å². The summed E-state index contributed by atoms with van der Waals surface area (Å²) in [7, 11) is 0. The Labute approximate surface area is 136 Å². The van der Waals surface area contributed by atoms with Crippen LogP contribution in [0, 0.1) is 6.92 Å². The molecule has 0 aliphatic heterocycles. The van der Waals surface area contributed by atoms with Crippen LogP contribution < -0.4 is 10.1 Å². The molecule has 0 saturated carbocycles. The summed E-state index contributed by atoms with van der Waals surface area (Å²) < 4.78 is 5.75. The average molecular weight is 305 g/mol. The molecular weight excluding hydrogens is 286 g/mol. The van der Waals surface area contributed by atoms with Gasteiger partial charge >= 0.3 is 0 Å². The Morgan fingerprint density at radius 1 is 0.957 bits per heavy atom. The summed E-state index contributed by atoms with van der Waals surface area (Å²) in [5.74, 6) is 1.50. The van der Waals surface area contributed by atoms with Crippen LogP contribution in [-0.4, -0.2) is 9.97 Å². The van der Waals surface area contributed by atoms with Crippen LogP contribution in [0.2, 0.25) is 0 Å². The van der Waals surface area contributed by atoms with Gasteiger partial charge in [-0.2, -0.15) is 0 Å². The highest BCUT2D eigenvalue weighted by Gasteiger charge is 2.01. The first-order valence-corrected chi connectivity index (χ1v) is 7.59. The molecule has 1 aromatic carbocycles. The Kier molecular flexibility index (Phi) is 4.84. The first-order valence-electron chi connectivity index (χ1n) is 7.59. The predicted octanol–water partition coefficient (Wildman–Crippen LogP) is 3.98. The van der Waals surface area contributed by atoms with Crippen molar-refractivity contribution in [3.63, 3.8) is 0 Å². The average Bonchev–Trinajstić information content (AvgIpc) is 2.60. The third-order valence-corrected chi connectivity index (χ3v) is 3.39. The number of benzene rings is 1. The van der Waals surface area contributed by atoms with Crippen molar-refractivity contribution in [1.82, 2.24) is 9.97 Å². The highest BCUT2D eigenvalue weighted by atomic mass is 16.5. The molecule has 0 aliphatic carbocycles. The van der Waals surface area contributed by atoms with Crippen molar-refractivity contribution in [2.75, 3.05) is 5.32 Å². The quantitative estimate of drug-likeness (QED) is 0.748. The second-order valence-corrected chi connectivity index (χ2v) is 5.29. The van der Waals surface area contributed by atoms with Crippen molar-refractivity contribution in [2.24, 2.45) is 0 Å². The molecule has 0 radical (unpaired) electrons. The maximum Gasteiger partial charge on any atom is 0.213 e. The molecule has 0 atom stereocenters. The maximum atomic E-state index is 5.75. The van der Waals surface area contributed by atoms with Crippen molar-refractivity contribution in [3.05, 3.63) is 83.7 Å². The molecule has 0 amide bonds. The molecule has 3 aromatic rings. The lowest BCUT2D eigenvalue weighted by atomic mass is 10.2. The van der Waals surface area contributed by atoms with Crippen LogP contribution in [0.25, 0.3) is 0 Å². The third-order valence-electron chi connectivity index (χ3n) is 3.39. The summed E-state index contributed by atoms with van der Waals surface area (Å²) in [5, 5.41) is 3.31. The van der Waals surface area contributed by atoms with E-state index in [1.54, 1.807) is 6.20 Å². The lowest BCUT2D eigenvalue weighted by Gasteiger charge is -2.09. The van der Waals surface area contributed by atoms with E-state index < -0.39 is 0 Å². The zero-order valence-electron chi connectivity index (χ0n) is 13.1. The van der Waals surface area contributed by atoms with E-state index in [2.05, 4.69) is 15.3 Å². The molecule has 0 spiro atoms. The molecule has 4 heteroatoms. The SMILES string of the molecule is Cc1cccc(NCc2ccnc(OCc3ccccc3)c2)n1. The summed E-state index contributed by atoms with van der Waals surface area (Å²) in [6.45, 7) is 3.18. The zero-order valence-corrected chi connectivity index (χ0v) is 13.1. The fraction of sp³-hybridized carbons (Fsp3) is 0.158. The summed E-state index contributed by atoms with van der Waals surface area (Å²) in [6.07, 6.45) is 1.76. The number of aromatic nitrogens is 2. The van der Waals surface area contributed by atoms with Gasteiger partial charge in [0, 0.05) is 24.5 Å². The maximum absolute atomic E-state index is 5.75. The van der Waals surface area contributed by atoms with E-state index in [0.717, 1.165) is 22.6 Å². The van der Waals surface area contributed by atoms with Crippen molar-refractivity contribution in [2.45, 2.75) is 20.1 Å². The molecular formula is C19H19N3O. The first kappa shape index (κ1) is 15.0. The van der Waals surface area contributed by atoms with Gasteiger partial charge in [0.1, 0.15) is 12.4 Å². The number of anilines is 1. The molecule has 0 aliphatic rings. The lowest BCUT2D eigenvalue weighted by Crippen LogP contribution is -2.03. The Bertz CT molecular complexity index is 759. The smallest absolute Gasteiger partial charge is 0.213 e. The number of ether oxygens (including phenoxy) is 1. The number of aryl methyl sites for hydroxylation is 1. The number of rotatable bonds is 6. The van der Waals surface area contributed by atoms with Crippen LogP contribution in [-0.2, 0) is 13.2 Å². The van der Waals surface area contributed by atoms with Gasteiger partial charge < -0.3 is 10.1 Å². The second-order valence-electron chi connectivity index (χ2n) is 5.29. The highest BCUT2D eigenvalue weighted by molar-refractivity contribution is 5.36. The van der Waals surface area contributed by atoms with Gasteiger partial charge in [-0.15, -0.1) is 0 Å². The second kappa shape index (κ2) is 7.40. The Morgan fingerprint density at radius 3 is 2.65 bits per heavy atom. The highest BCUT2D eigenvalue weighted by Crippen LogP contribution is 2.13. The summed E-state index contributed by atoms with van der Waals surface area (Å²) in [6, 6.07) is 19.9. The van der Waals surface area contributed by atoms with E-state index in [9.17, 15) is 0 Å². The van der Waals surface area contributed by atoms with Crippen LogP contribution >= 0.6 is 0 Å². The van der Waals surface area contributed by atoms with Gasteiger partial charge in [0.15, 0.2) is 0 Å². The summed E-state index contributed by atoms with van der Waals surface area (Å²) in [5.41, 5.74) is 3.23. The van der Waals surface area contributed by atoms with Crippen molar-refractivity contribution in [1.29, 1.82) is 0 Å². The zero-order chi connectivity index (χ0) is 15.9. The fourth-order valence-electron chi connectivity index (χ4n) is 2.20. The first-order chi connectivity index (χ1) is 11.3. The normalized spacial score (nSPS) is 10.3. The molecule has 1 N–H and O–H groups in total. The molecule has 0 saturated heterocycles. The minimum atomic E-state index is 0.518. The molecule has 23 heavy (non-hydrogen) atoms. The number of nitrogens with zero attached hydrogens (tertiary/aromatic N) is 2. The van der Waals surface area contributed by atoms with Gasteiger partial charge in [0.2, 0.25) is 5.88 Å². The van der Waals surface area contributed by atoms with Gasteiger partial charge in [-0.1, -0.05) is 36.4 Å². The van der Waals surface area contributed by atoms with Crippen LogP contribution in [0.3, 0.4) is 0 Å². The molecule has 2 heterocycles. The Morgan fingerprint density at radius 2 is 1.83 bits per heavy atom. The molecule has 116 valence electrons. The van der Waals surface area contributed by atoms with Gasteiger partial charge in [0.05, 0.1) is 0 Å². The van der Waals surface area contributed by atoms with E-state index >= 15 is 0 Å². The molecule has 0 fully saturated rings. The van der Waals surface area contributed by atoms with Crippen LogP contribution in [0.1, 0.15) is 16.8 Å². The summed E-state index contributed by atoms with van der Waals surface area (Å²) in [4.78, 5) is 8.69. The molecule has 4 nitrogen and oxygen atoms in total. The van der Waals surface area contributed by atoms with Crippen molar-refractivity contribution < 1.29 is 4.74 Å². The lowest BCUT2D eigenvalue weighted by molar-refractivity contribution is 0.293. The minimum absolute atomic E-state index is 0.518. The largest absolute Gasteiger partial charge is 0.473 e. The van der Waals surface area contributed by atoms with Crippen molar-refractivity contribution >= 4 is 5.82 Å².